The Kier molecular flexibility index (Phi) is 6.39. The van der Waals surface area contributed by atoms with Crippen molar-refractivity contribution in [1.82, 2.24) is 5.32 Å². The second-order valence-corrected chi connectivity index (χ2v) is 8.18. The molecule has 2 N–H and O–H groups in total. The van der Waals surface area contributed by atoms with Crippen molar-refractivity contribution in [2.24, 2.45) is 0 Å². The molecule has 8 heteroatoms. The Labute approximate surface area is 158 Å². The molecule has 0 aromatic heterocycles. The van der Waals surface area contributed by atoms with E-state index in [0.717, 1.165) is 6.07 Å². The van der Waals surface area contributed by atoms with E-state index in [2.05, 4.69) is 21.2 Å². The number of aliphatic hydroxyl groups is 1. The number of halogens is 4. The second kappa shape index (κ2) is 8.00. The minimum atomic E-state index is -1.27. The Morgan fingerprint density at radius 3 is 2.42 bits per heavy atom. The van der Waals surface area contributed by atoms with Crippen LogP contribution in [0.4, 0.5) is 18.0 Å². The van der Waals surface area contributed by atoms with Crippen LogP contribution in [0.1, 0.15) is 45.1 Å². The van der Waals surface area contributed by atoms with E-state index in [1.165, 1.54) is 0 Å². The van der Waals surface area contributed by atoms with E-state index in [1.807, 2.05) is 0 Å². The number of hydrogen-bond donors (Lipinski definition) is 2. The monoisotopic (exact) mass is 435 g/mol. The third-order valence-electron chi connectivity index (χ3n) is 4.07. The zero-order valence-electron chi connectivity index (χ0n) is 14.7. The zero-order valence-corrected chi connectivity index (χ0v) is 16.3. The van der Waals surface area contributed by atoms with Crippen molar-refractivity contribution in [2.75, 3.05) is 6.61 Å². The van der Waals surface area contributed by atoms with Crippen molar-refractivity contribution in [3.05, 3.63) is 45.2 Å². The molecule has 0 bridgehead atoms. The van der Waals surface area contributed by atoms with Crippen molar-refractivity contribution >= 4 is 22.0 Å². The fourth-order valence-electron chi connectivity index (χ4n) is 2.91. The number of allylic oxidation sites excluding steroid dienone is 1. The maximum absolute atomic E-state index is 14.3. The third-order valence-corrected chi connectivity index (χ3v) is 4.95. The highest BCUT2D eigenvalue weighted by atomic mass is 79.9. The minimum absolute atomic E-state index is 0.0427. The van der Waals surface area contributed by atoms with Crippen molar-refractivity contribution < 1.29 is 27.8 Å². The first-order chi connectivity index (χ1) is 12.0. The Morgan fingerprint density at radius 2 is 1.85 bits per heavy atom. The maximum atomic E-state index is 14.3. The maximum Gasteiger partial charge on any atom is 0.407 e. The molecule has 1 aliphatic rings. The lowest BCUT2D eigenvalue weighted by atomic mass is 9.80. The number of hydrogen-bond acceptors (Lipinski definition) is 3. The van der Waals surface area contributed by atoms with Crippen molar-refractivity contribution in [3.8, 4) is 0 Å². The van der Waals surface area contributed by atoms with Gasteiger partial charge in [-0.3, -0.25) is 0 Å². The van der Waals surface area contributed by atoms with E-state index in [1.54, 1.807) is 20.8 Å². The summed E-state index contributed by atoms with van der Waals surface area (Å²) in [6, 6.07) is 0.658. The van der Waals surface area contributed by atoms with Gasteiger partial charge in [0.2, 0.25) is 0 Å². The largest absolute Gasteiger partial charge is 0.444 e. The van der Waals surface area contributed by atoms with E-state index >= 15 is 0 Å². The molecular formula is C18H21BrF3NO3. The van der Waals surface area contributed by atoms with Gasteiger partial charge in [-0.05, 0) is 55.3 Å². The van der Waals surface area contributed by atoms with Gasteiger partial charge in [-0.25, -0.2) is 18.0 Å². The topological polar surface area (TPSA) is 58.6 Å². The molecule has 0 saturated heterocycles. The summed E-state index contributed by atoms with van der Waals surface area (Å²) in [6.07, 6.45) is -0.261. The van der Waals surface area contributed by atoms with Gasteiger partial charge in [-0.15, -0.1) is 0 Å². The lowest BCUT2D eigenvalue weighted by Crippen LogP contribution is -2.44. The highest BCUT2D eigenvalue weighted by Crippen LogP contribution is 2.40. The van der Waals surface area contributed by atoms with Gasteiger partial charge >= 0.3 is 6.09 Å². The van der Waals surface area contributed by atoms with E-state index in [-0.39, 0.29) is 25.0 Å². The summed E-state index contributed by atoms with van der Waals surface area (Å²) in [4.78, 5) is 12.1. The van der Waals surface area contributed by atoms with Gasteiger partial charge in [-0.1, -0.05) is 15.9 Å². The number of benzene rings is 1. The van der Waals surface area contributed by atoms with Crippen LogP contribution in [-0.2, 0) is 4.74 Å². The number of carbonyl (C=O) groups excluding carboxylic acids is 1. The summed E-state index contributed by atoms with van der Waals surface area (Å²) in [6.45, 7) is 4.88. The first kappa shape index (κ1) is 20.8. The van der Waals surface area contributed by atoms with Crippen molar-refractivity contribution in [2.45, 2.75) is 51.2 Å². The van der Waals surface area contributed by atoms with Crippen LogP contribution in [0.2, 0.25) is 0 Å². The van der Waals surface area contributed by atoms with E-state index in [4.69, 9.17) is 4.74 Å². The van der Waals surface area contributed by atoms with Gasteiger partial charge in [0, 0.05) is 18.0 Å². The zero-order chi connectivity index (χ0) is 19.6. The standard InChI is InChI=1S/C18H21BrF3NO3/c1-18(2,3)26-17(25)23-16-4-9(8-24)12(19)5-11(16)10-6-14(21)15(22)7-13(10)20/h6-7,11,16,24H,4-5,8H2,1-3H3,(H,23,25)/t11-,16+/m0/s1. The molecule has 0 spiro atoms. The third kappa shape index (κ3) is 5.01. The molecule has 2 atom stereocenters. The molecule has 1 amide bonds. The number of carbonyl (C=O) groups is 1. The lowest BCUT2D eigenvalue weighted by molar-refractivity contribution is 0.0492. The molecule has 1 aromatic rings. The quantitative estimate of drug-likeness (QED) is 0.686. The summed E-state index contributed by atoms with van der Waals surface area (Å²) in [7, 11) is 0. The highest BCUT2D eigenvalue weighted by Gasteiger charge is 2.34. The summed E-state index contributed by atoms with van der Waals surface area (Å²) in [5, 5.41) is 12.1. The van der Waals surface area contributed by atoms with Crippen LogP contribution in [0.3, 0.4) is 0 Å². The number of amides is 1. The van der Waals surface area contributed by atoms with Gasteiger partial charge in [0.25, 0.3) is 0 Å². The van der Waals surface area contributed by atoms with E-state index < -0.39 is 41.1 Å². The molecule has 0 radical (unpaired) electrons. The average molecular weight is 436 g/mol. The number of rotatable bonds is 3. The fourth-order valence-corrected chi connectivity index (χ4v) is 3.54. The SMILES string of the molecule is CC(C)(C)OC(=O)N[C@@H]1CC(CO)=C(Br)C[C@H]1c1cc(F)c(F)cc1F. The molecule has 0 fully saturated rings. The van der Waals surface area contributed by atoms with Crippen LogP contribution in [0.15, 0.2) is 22.2 Å². The smallest absolute Gasteiger partial charge is 0.407 e. The van der Waals surface area contributed by atoms with E-state index in [0.29, 0.717) is 16.1 Å². The van der Waals surface area contributed by atoms with Crippen LogP contribution in [0.5, 0.6) is 0 Å². The number of ether oxygens (including phenoxy) is 1. The Bertz CT molecular complexity index is 731. The molecule has 0 unspecified atom stereocenters. The molecule has 0 aliphatic heterocycles. The Hall–Kier alpha value is -1.54. The van der Waals surface area contributed by atoms with Gasteiger partial charge in [0.05, 0.1) is 6.61 Å². The molecule has 0 heterocycles. The molecule has 1 aliphatic carbocycles. The molecule has 144 valence electrons. The molecule has 0 saturated carbocycles. The predicted octanol–water partition coefficient (Wildman–Crippen LogP) is 4.52. The highest BCUT2D eigenvalue weighted by molar-refractivity contribution is 9.11. The summed E-state index contributed by atoms with van der Waals surface area (Å²) in [5.41, 5.74) is -0.123. The second-order valence-electron chi connectivity index (χ2n) is 7.22. The van der Waals surface area contributed by atoms with Crippen LogP contribution in [0.25, 0.3) is 0 Å². The minimum Gasteiger partial charge on any atom is -0.444 e. The predicted molar refractivity (Wildman–Crippen MR) is 94.5 cm³/mol. The molecule has 26 heavy (non-hydrogen) atoms. The lowest BCUT2D eigenvalue weighted by Gasteiger charge is -2.34. The van der Waals surface area contributed by atoms with Gasteiger partial charge in [0.15, 0.2) is 11.6 Å². The van der Waals surface area contributed by atoms with Crippen LogP contribution in [0, 0.1) is 17.5 Å². The first-order valence-electron chi connectivity index (χ1n) is 8.13. The number of alkyl carbamates (subject to hydrolysis) is 1. The summed E-state index contributed by atoms with van der Waals surface area (Å²) >= 11 is 3.34. The van der Waals surface area contributed by atoms with Crippen molar-refractivity contribution in [1.29, 1.82) is 0 Å². The van der Waals surface area contributed by atoms with E-state index in [9.17, 15) is 23.1 Å². The van der Waals surface area contributed by atoms with Crippen molar-refractivity contribution in [3.63, 3.8) is 0 Å². The van der Waals surface area contributed by atoms with Gasteiger partial charge in [-0.2, -0.15) is 0 Å². The fraction of sp³-hybridized carbons (Fsp3) is 0.500. The first-order valence-corrected chi connectivity index (χ1v) is 8.92. The average Bonchev–Trinajstić information content (AvgIpc) is 2.50. The van der Waals surface area contributed by atoms with Crippen LogP contribution < -0.4 is 5.32 Å². The van der Waals surface area contributed by atoms with Gasteiger partial charge < -0.3 is 15.2 Å². The molecule has 1 aromatic carbocycles. The molecular weight excluding hydrogens is 415 g/mol. The Morgan fingerprint density at radius 1 is 1.23 bits per heavy atom. The molecule has 2 rings (SSSR count). The number of aliphatic hydroxyl groups excluding tert-OH is 1. The van der Waals surface area contributed by atoms with Crippen LogP contribution >= 0.6 is 15.9 Å². The van der Waals surface area contributed by atoms with Crippen LogP contribution in [-0.4, -0.2) is 29.4 Å². The normalized spacial score (nSPS) is 20.9. The Balaban J connectivity index is 2.36. The molecule has 4 nitrogen and oxygen atoms in total. The summed E-state index contributed by atoms with van der Waals surface area (Å²) in [5.74, 6) is -3.98. The van der Waals surface area contributed by atoms with Gasteiger partial charge in [0.1, 0.15) is 11.4 Å². The summed E-state index contributed by atoms with van der Waals surface area (Å²) < 4.78 is 47.1. The number of nitrogens with one attached hydrogen (secondary N) is 1.